The zero-order chi connectivity index (χ0) is 6.62. The van der Waals surface area contributed by atoms with Crippen molar-refractivity contribution in [3.8, 4) is 0 Å². The van der Waals surface area contributed by atoms with Crippen LogP contribution < -0.4 is 0 Å². The molecule has 0 aliphatic rings. The summed E-state index contributed by atoms with van der Waals surface area (Å²) in [5, 5.41) is 0. The summed E-state index contributed by atoms with van der Waals surface area (Å²) in [6.45, 7) is 3.41. The van der Waals surface area contributed by atoms with Gasteiger partial charge in [0.15, 0.2) is 0 Å². The van der Waals surface area contributed by atoms with Gasteiger partial charge in [-0.2, -0.15) is 8.42 Å². The van der Waals surface area contributed by atoms with Gasteiger partial charge in [0.05, 0.1) is 5.75 Å². The molecule has 0 saturated heterocycles. The third kappa shape index (κ3) is 12.2. The van der Waals surface area contributed by atoms with E-state index in [-0.39, 0.29) is 35.3 Å². The van der Waals surface area contributed by atoms with Gasteiger partial charge in [-0.1, -0.05) is 13.3 Å². The van der Waals surface area contributed by atoms with Crippen LogP contribution in [0.1, 0.15) is 12.8 Å². The van der Waals surface area contributed by atoms with Gasteiger partial charge in [0.25, 0.3) is 10.1 Å². The minimum absolute atomic E-state index is 0. The third-order valence-corrected chi connectivity index (χ3v) is 1.46. The van der Waals surface area contributed by atoms with Gasteiger partial charge in [0, 0.05) is 0 Å². The molecule has 0 heterocycles. The standard InChI is InChI=1S/C4H9O3S.Na.H/c1-2-3-4-8(5,6)7;;/h1-4H2,(H,5,6,7);;. The van der Waals surface area contributed by atoms with Crippen LogP contribution in [0.15, 0.2) is 0 Å². The Labute approximate surface area is 77.9 Å². The van der Waals surface area contributed by atoms with Crippen molar-refractivity contribution in [2.75, 3.05) is 5.75 Å². The summed E-state index contributed by atoms with van der Waals surface area (Å²) in [4.78, 5) is 0. The molecule has 0 aliphatic carbocycles. The van der Waals surface area contributed by atoms with Crippen LogP contribution in [0, 0.1) is 6.92 Å². The van der Waals surface area contributed by atoms with E-state index in [1.54, 1.807) is 0 Å². The molecule has 0 bridgehead atoms. The van der Waals surface area contributed by atoms with Crippen LogP contribution in [0.5, 0.6) is 0 Å². The third-order valence-electron chi connectivity index (χ3n) is 0.652. The molecule has 0 spiro atoms. The second kappa shape index (κ2) is 5.68. The van der Waals surface area contributed by atoms with Crippen LogP contribution in [0.4, 0.5) is 0 Å². The first-order chi connectivity index (χ1) is 3.56. The Morgan fingerprint density at radius 1 is 1.44 bits per heavy atom. The summed E-state index contributed by atoms with van der Waals surface area (Å²) in [7, 11) is -3.73. The predicted molar refractivity (Wildman–Crippen MR) is 38.2 cm³/mol. The Kier molecular flexibility index (Phi) is 7.93. The molecule has 51 valence electrons. The average Bonchev–Trinajstić information content (AvgIpc) is 1.59. The summed E-state index contributed by atoms with van der Waals surface area (Å²) >= 11 is 0. The van der Waals surface area contributed by atoms with Gasteiger partial charge in [-0.15, -0.1) is 0 Å². The molecule has 5 heteroatoms. The zero-order valence-electron chi connectivity index (χ0n) is 4.50. The van der Waals surface area contributed by atoms with Gasteiger partial charge < -0.3 is 0 Å². The summed E-state index contributed by atoms with van der Waals surface area (Å²) in [6, 6.07) is 0. The fraction of sp³-hybridized carbons (Fsp3) is 0.750. The number of rotatable bonds is 3. The van der Waals surface area contributed by atoms with E-state index in [0.717, 1.165) is 0 Å². The van der Waals surface area contributed by atoms with Crippen LogP contribution in [0.25, 0.3) is 0 Å². The second-order valence-electron chi connectivity index (χ2n) is 1.49. The molecule has 0 saturated carbocycles. The fourth-order valence-corrected chi connectivity index (χ4v) is 0.853. The molecular weight excluding hydrogens is 151 g/mol. The van der Waals surface area contributed by atoms with Crippen LogP contribution in [-0.4, -0.2) is 48.3 Å². The first-order valence-corrected chi connectivity index (χ1v) is 3.91. The van der Waals surface area contributed by atoms with Gasteiger partial charge in [0.2, 0.25) is 0 Å². The van der Waals surface area contributed by atoms with Crippen LogP contribution in [0.2, 0.25) is 0 Å². The van der Waals surface area contributed by atoms with E-state index in [0.29, 0.717) is 12.8 Å². The van der Waals surface area contributed by atoms with Gasteiger partial charge in [-0.05, 0) is 6.42 Å². The summed E-state index contributed by atoms with van der Waals surface area (Å²) < 4.78 is 27.9. The Bertz CT molecular complexity index is 140. The van der Waals surface area contributed by atoms with Gasteiger partial charge in [-0.25, -0.2) is 0 Å². The summed E-state index contributed by atoms with van der Waals surface area (Å²) in [6.07, 6.45) is 0.971. The molecule has 9 heavy (non-hydrogen) atoms. The Balaban J connectivity index is 0. The molecular formula is C4H10NaO3S. The normalized spacial score (nSPS) is 10.4. The van der Waals surface area contributed by atoms with Crippen molar-refractivity contribution in [2.24, 2.45) is 0 Å². The molecule has 0 rings (SSSR count). The molecule has 1 radical (unpaired) electrons. The summed E-state index contributed by atoms with van der Waals surface area (Å²) in [5.74, 6) is -0.170. The molecule has 0 aromatic carbocycles. The fourth-order valence-electron chi connectivity index (χ4n) is 0.284. The number of hydrogen-bond donors (Lipinski definition) is 1. The summed E-state index contributed by atoms with van der Waals surface area (Å²) in [5.41, 5.74) is 0. The Morgan fingerprint density at radius 3 is 2.00 bits per heavy atom. The number of hydrogen-bond acceptors (Lipinski definition) is 2. The maximum absolute atomic E-state index is 9.92. The van der Waals surface area contributed by atoms with Gasteiger partial charge in [-0.3, -0.25) is 4.55 Å². The van der Waals surface area contributed by atoms with E-state index >= 15 is 0 Å². The van der Waals surface area contributed by atoms with Crippen LogP contribution in [0.3, 0.4) is 0 Å². The molecule has 1 N–H and O–H groups in total. The maximum atomic E-state index is 9.92. The average molecular weight is 161 g/mol. The SMILES string of the molecule is [CH2]CCCS(=O)(=O)O.[NaH]. The van der Waals surface area contributed by atoms with Gasteiger partial charge in [0.1, 0.15) is 0 Å². The number of unbranched alkanes of at least 4 members (excludes halogenated alkanes) is 1. The zero-order valence-corrected chi connectivity index (χ0v) is 5.32. The van der Waals surface area contributed by atoms with E-state index in [4.69, 9.17) is 4.55 Å². The van der Waals surface area contributed by atoms with E-state index in [1.807, 2.05) is 0 Å². The van der Waals surface area contributed by atoms with Crippen LogP contribution >= 0.6 is 0 Å². The quantitative estimate of drug-likeness (QED) is 0.462. The van der Waals surface area contributed by atoms with Crippen molar-refractivity contribution in [2.45, 2.75) is 12.8 Å². The Morgan fingerprint density at radius 2 is 1.89 bits per heavy atom. The molecule has 0 fully saturated rings. The molecule has 0 aromatic rings. The van der Waals surface area contributed by atoms with Crippen molar-refractivity contribution in [3.63, 3.8) is 0 Å². The molecule has 0 aliphatic heterocycles. The second-order valence-corrected chi connectivity index (χ2v) is 3.07. The Hall–Kier alpha value is 0.910. The van der Waals surface area contributed by atoms with Crippen molar-refractivity contribution in [3.05, 3.63) is 6.92 Å². The topological polar surface area (TPSA) is 54.4 Å². The molecule has 3 nitrogen and oxygen atoms in total. The molecule has 0 unspecified atom stereocenters. The van der Waals surface area contributed by atoms with E-state index in [1.165, 1.54) is 0 Å². The van der Waals surface area contributed by atoms with E-state index < -0.39 is 10.1 Å². The van der Waals surface area contributed by atoms with Crippen molar-refractivity contribution in [1.29, 1.82) is 0 Å². The van der Waals surface area contributed by atoms with E-state index in [9.17, 15) is 8.42 Å². The van der Waals surface area contributed by atoms with Crippen molar-refractivity contribution in [1.82, 2.24) is 0 Å². The van der Waals surface area contributed by atoms with Gasteiger partial charge >= 0.3 is 29.6 Å². The monoisotopic (exact) mass is 161 g/mol. The first kappa shape index (κ1) is 12.6. The van der Waals surface area contributed by atoms with Crippen LogP contribution in [-0.2, 0) is 10.1 Å². The van der Waals surface area contributed by atoms with Crippen molar-refractivity contribution < 1.29 is 13.0 Å². The van der Waals surface area contributed by atoms with Crippen molar-refractivity contribution >= 4 is 39.7 Å². The molecule has 0 aromatic heterocycles. The van der Waals surface area contributed by atoms with E-state index in [2.05, 4.69) is 6.92 Å². The minimum atomic E-state index is -3.73. The first-order valence-electron chi connectivity index (χ1n) is 2.30. The molecule has 0 amide bonds. The predicted octanol–water partition coefficient (Wildman–Crippen LogP) is -0.160. The molecule has 0 atom stereocenters.